The molecule has 1 aliphatic rings. The second-order valence-corrected chi connectivity index (χ2v) is 9.77. The lowest BCUT2D eigenvalue weighted by Gasteiger charge is -2.31. The van der Waals surface area contributed by atoms with E-state index < -0.39 is 0 Å². The fourth-order valence-corrected chi connectivity index (χ4v) is 5.28. The van der Waals surface area contributed by atoms with Crippen molar-refractivity contribution in [3.8, 4) is 0 Å². The molecule has 0 aliphatic carbocycles. The first-order chi connectivity index (χ1) is 15.3. The number of likely N-dealkylation sites (tertiary alicyclic amines) is 1. The monoisotopic (exact) mass is 472 g/mol. The molecule has 168 valence electrons. The number of carbonyl (C=O) groups is 2. The van der Waals surface area contributed by atoms with Crippen molar-refractivity contribution < 1.29 is 9.59 Å². The maximum Gasteiger partial charge on any atom is 0.266 e. The summed E-state index contributed by atoms with van der Waals surface area (Å²) in [5, 5.41) is 3.82. The minimum absolute atomic E-state index is 0.0486. The third-order valence-electron chi connectivity index (χ3n) is 5.95. The van der Waals surface area contributed by atoms with Gasteiger partial charge in [-0.25, -0.2) is 4.98 Å². The van der Waals surface area contributed by atoms with E-state index >= 15 is 0 Å². The van der Waals surface area contributed by atoms with E-state index in [2.05, 4.69) is 17.2 Å². The number of fused-ring (bicyclic) bond motifs is 1. The first-order valence-corrected chi connectivity index (χ1v) is 11.8. The fourth-order valence-electron chi connectivity index (χ4n) is 4.07. The molecule has 0 bridgehead atoms. The summed E-state index contributed by atoms with van der Waals surface area (Å²) >= 11 is 7.32. The van der Waals surface area contributed by atoms with E-state index in [9.17, 15) is 14.4 Å². The Kier molecular flexibility index (Phi) is 6.35. The first kappa shape index (κ1) is 22.5. The summed E-state index contributed by atoms with van der Waals surface area (Å²) in [6.07, 6.45) is 3.49. The van der Waals surface area contributed by atoms with Gasteiger partial charge in [0, 0.05) is 23.8 Å². The highest BCUT2D eigenvalue weighted by molar-refractivity contribution is 7.20. The zero-order valence-electron chi connectivity index (χ0n) is 18.3. The molecule has 0 spiro atoms. The summed E-state index contributed by atoms with van der Waals surface area (Å²) in [6, 6.07) is 5.30. The Hall–Kier alpha value is -2.71. The van der Waals surface area contributed by atoms with Gasteiger partial charge < -0.3 is 10.2 Å². The summed E-state index contributed by atoms with van der Waals surface area (Å²) in [6.45, 7) is 7.08. The number of nitrogens with one attached hydrogen (secondary N) is 1. The number of carbonyl (C=O) groups excluding carboxylic acids is 2. The van der Waals surface area contributed by atoms with Gasteiger partial charge in [0.1, 0.15) is 11.4 Å². The van der Waals surface area contributed by atoms with Gasteiger partial charge in [-0.05, 0) is 55.9 Å². The van der Waals surface area contributed by atoms with Gasteiger partial charge in [-0.2, -0.15) is 0 Å². The van der Waals surface area contributed by atoms with Crippen molar-refractivity contribution in [3.63, 3.8) is 0 Å². The molecular formula is C23H25ClN4O3S. The summed E-state index contributed by atoms with van der Waals surface area (Å²) < 4.78 is 1.34. The molecule has 1 N–H and O–H groups in total. The van der Waals surface area contributed by atoms with E-state index in [0.29, 0.717) is 43.8 Å². The Morgan fingerprint density at radius 2 is 2.06 bits per heavy atom. The normalized spacial score (nSPS) is 16.4. The highest BCUT2D eigenvalue weighted by Gasteiger charge is 2.24. The number of piperidine rings is 1. The topological polar surface area (TPSA) is 84.3 Å². The van der Waals surface area contributed by atoms with Gasteiger partial charge in [0.05, 0.1) is 16.6 Å². The number of aromatic nitrogens is 2. The minimum Gasteiger partial charge on any atom is -0.341 e. The molecular weight excluding hydrogens is 448 g/mol. The van der Waals surface area contributed by atoms with E-state index in [4.69, 9.17) is 11.6 Å². The van der Waals surface area contributed by atoms with Crippen LogP contribution in [0.5, 0.6) is 0 Å². The number of halogens is 1. The lowest BCUT2D eigenvalue weighted by Crippen LogP contribution is -2.42. The predicted molar refractivity (Wildman–Crippen MR) is 128 cm³/mol. The molecule has 0 saturated carbocycles. The van der Waals surface area contributed by atoms with Crippen molar-refractivity contribution in [1.29, 1.82) is 0 Å². The van der Waals surface area contributed by atoms with Gasteiger partial charge in [0.15, 0.2) is 0 Å². The number of hydrogen-bond donors (Lipinski definition) is 1. The SMILES string of the molecule is Cc1c(Cl)cccc1NC(=O)c1sc2ncn(CC(=O)N3CCCC(C)C3)c(=O)c2c1C. The molecule has 4 rings (SSSR count). The number of anilines is 1. The van der Waals surface area contributed by atoms with E-state index in [1.807, 2.05) is 11.8 Å². The highest BCUT2D eigenvalue weighted by atomic mass is 35.5. The van der Waals surface area contributed by atoms with Crippen molar-refractivity contribution in [1.82, 2.24) is 14.5 Å². The number of amides is 2. The van der Waals surface area contributed by atoms with Crippen molar-refractivity contribution in [2.24, 2.45) is 5.92 Å². The molecule has 3 heterocycles. The number of aryl methyl sites for hydroxylation is 1. The van der Waals surface area contributed by atoms with Crippen molar-refractivity contribution in [2.75, 3.05) is 18.4 Å². The number of hydrogen-bond acceptors (Lipinski definition) is 5. The molecule has 2 aromatic heterocycles. The number of benzene rings is 1. The van der Waals surface area contributed by atoms with Crippen LogP contribution in [0.4, 0.5) is 5.69 Å². The Morgan fingerprint density at radius 1 is 1.28 bits per heavy atom. The molecule has 1 fully saturated rings. The quantitative estimate of drug-likeness (QED) is 0.615. The highest BCUT2D eigenvalue weighted by Crippen LogP contribution is 2.29. The van der Waals surface area contributed by atoms with Gasteiger partial charge in [-0.15, -0.1) is 11.3 Å². The Bertz CT molecular complexity index is 1270. The number of nitrogens with zero attached hydrogens (tertiary/aromatic N) is 3. The lowest BCUT2D eigenvalue weighted by molar-refractivity contribution is -0.133. The molecule has 1 unspecified atom stereocenters. The molecule has 3 aromatic rings. The maximum absolute atomic E-state index is 13.1. The van der Waals surface area contributed by atoms with Crippen molar-refractivity contribution >= 4 is 50.7 Å². The van der Waals surface area contributed by atoms with Gasteiger partial charge in [0.25, 0.3) is 11.5 Å². The van der Waals surface area contributed by atoms with Crippen LogP contribution in [0.15, 0.2) is 29.3 Å². The van der Waals surface area contributed by atoms with Crippen LogP contribution in [0.25, 0.3) is 10.2 Å². The summed E-state index contributed by atoms with van der Waals surface area (Å²) in [5.74, 6) is 0.0654. The number of thiophene rings is 1. The van der Waals surface area contributed by atoms with Gasteiger partial charge in [-0.1, -0.05) is 24.6 Å². The van der Waals surface area contributed by atoms with Crippen molar-refractivity contribution in [2.45, 2.75) is 40.2 Å². The standard InChI is InChI=1S/C23H25ClN4O3S/c1-13-6-5-9-27(10-13)18(29)11-28-12-25-22-19(23(28)31)15(3)20(32-22)21(30)26-17-8-4-7-16(24)14(17)2/h4,7-8,12-13H,5-6,9-11H2,1-3H3,(H,26,30). The second-order valence-electron chi connectivity index (χ2n) is 8.37. The lowest BCUT2D eigenvalue weighted by atomic mass is 10.0. The van der Waals surface area contributed by atoms with Gasteiger partial charge >= 0.3 is 0 Å². The predicted octanol–water partition coefficient (Wildman–Crippen LogP) is 4.24. The summed E-state index contributed by atoms with van der Waals surface area (Å²) in [5.41, 5.74) is 1.65. The van der Waals surface area contributed by atoms with Crippen molar-refractivity contribution in [3.05, 3.63) is 55.9 Å². The van der Waals surface area contributed by atoms with Crippen LogP contribution in [-0.2, 0) is 11.3 Å². The zero-order chi connectivity index (χ0) is 23.0. The van der Waals surface area contributed by atoms with Crippen LogP contribution in [0, 0.1) is 19.8 Å². The van der Waals surface area contributed by atoms with E-state index in [0.717, 1.165) is 24.9 Å². The number of rotatable bonds is 4. The molecule has 1 aromatic carbocycles. The molecule has 9 heteroatoms. The molecule has 1 aliphatic heterocycles. The molecule has 1 atom stereocenters. The third kappa shape index (κ3) is 4.29. The summed E-state index contributed by atoms with van der Waals surface area (Å²) in [4.78, 5) is 45.9. The molecule has 1 saturated heterocycles. The minimum atomic E-state index is -0.319. The zero-order valence-corrected chi connectivity index (χ0v) is 19.8. The smallest absolute Gasteiger partial charge is 0.266 e. The Labute approximate surface area is 195 Å². The van der Waals surface area contributed by atoms with E-state index in [1.165, 1.54) is 22.2 Å². The molecule has 2 amide bonds. The van der Waals surface area contributed by atoms with Crippen LogP contribution >= 0.6 is 22.9 Å². The van der Waals surface area contributed by atoms with Crippen LogP contribution < -0.4 is 10.9 Å². The average Bonchev–Trinajstić information content (AvgIpc) is 3.10. The molecule has 32 heavy (non-hydrogen) atoms. The average molecular weight is 473 g/mol. The first-order valence-electron chi connectivity index (χ1n) is 10.6. The molecule has 7 nitrogen and oxygen atoms in total. The fraction of sp³-hybridized carbons (Fsp3) is 0.391. The van der Waals surface area contributed by atoms with Gasteiger partial charge in [-0.3, -0.25) is 19.0 Å². The molecule has 0 radical (unpaired) electrons. The largest absolute Gasteiger partial charge is 0.341 e. The van der Waals surface area contributed by atoms with Crippen LogP contribution in [-0.4, -0.2) is 39.4 Å². The van der Waals surface area contributed by atoms with Crippen LogP contribution in [0.1, 0.15) is 40.6 Å². The third-order valence-corrected chi connectivity index (χ3v) is 7.56. The Morgan fingerprint density at radius 3 is 2.81 bits per heavy atom. The van der Waals surface area contributed by atoms with E-state index in [1.54, 1.807) is 25.1 Å². The Balaban J connectivity index is 1.61. The second kappa shape index (κ2) is 9.03. The van der Waals surface area contributed by atoms with Crippen LogP contribution in [0.2, 0.25) is 5.02 Å². The van der Waals surface area contributed by atoms with Gasteiger partial charge in [0.2, 0.25) is 5.91 Å². The maximum atomic E-state index is 13.1. The summed E-state index contributed by atoms with van der Waals surface area (Å²) in [7, 11) is 0. The van der Waals surface area contributed by atoms with Crippen LogP contribution in [0.3, 0.4) is 0 Å². The van der Waals surface area contributed by atoms with E-state index in [-0.39, 0.29) is 23.9 Å².